The minimum absolute atomic E-state index is 0.572. The molecular weight excluding hydrogens is 298 g/mol. The average molecular weight is 322 g/mol. The van der Waals surface area contributed by atoms with Crippen LogP contribution < -0.4 is 5.32 Å². The zero-order valence-electron chi connectivity index (χ0n) is 11.6. The minimum atomic E-state index is 0.572. The van der Waals surface area contributed by atoms with Crippen LogP contribution in [0, 0.1) is 5.41 Å². The first-order valence-electron chi connectivity index (χ1n) is 7.76. The van der Waals surface area contributed by atoms with E-state index >= 15 is 0 Å². The Balaban J connectivity index is 1.91. The Morgan fingerprint density at radius 2 is 1.84 bits per heavy atom. The molecule has 1 saturated heterocycles. The van der Waals surface area contributed by atoms with E-state index < -0.39 is 0 Å². The summed E-state index contributed by atoms with van der Waals surface area (Å²) < 4.78 is 1.22. The summed E-state index contributed by atoms with van der Waals surface area (Å²) in [5, 5.41) is 3.63. The van der Waals surface area contributed by atoms with Crippen molar-refractivity contribution >= 4 is 15.9 Å². The van der Waals surface area contributed by atoms with E-state index in [9.17, 15) is 0 Å². The van der Waals surface area contributed by atoms with Gasteiger partial charge in [-0.2, -0.15) is 0 Å². The lowest BCUT2D eigenvalue weighted by Gasteiger charge is -2.45. The molecule has 0 amide bonds. The number of nitrogens with one attached hydrogen (secondary N) is 1. The summed E-state index contributed by atoms with van der Waals surface area (Å²) in [7, 11) is 0. The Morgan fingerprint density at radius 3 is 2.58 bits per heavy atom. The van der Waals surface area contributed by atoms with Gasteiger partial charge in [0, 0.05) is 16.9 Å². The quantitative estimate of drug-likeness (QED) is 0.778. The number of rotatable bonds is 1. The topological polar surface area (TPSA) is 12.0 Å². The van der Waals surface area contributed by atoms with Gasteiger partial charge < -0.3 is 5.32 Å². The van der Waals surface area contributed by atoms with Crippen LogP contribution in [0.3, 0.4) is 0 Å². The van der Waals surface area contributed by atoms with Gasteiger partial charge in [0.2, 0.25) is 0 Å². The maximum atomic E-state index is 3.64. The molecule has 19 heavy (non-hydrogen) atoms. The van der Waals surface area contributed by atoms with Crippen molar-refractivity contribution in [3.8, 4) is 0 Å². The lowest BCUT2D eigenvalue weighted by atomic mass is 9.64. The highest BCUT2D eigenvalue weighted by atomic mass is 79.9. The van der Waals surface area contributed by atoms with Crippen molar-refractivity contribution in [2.45, 2.75) is 50.9 Å². The third kappa shape index (κ3) is 2.90. The van der Waals surface area contributed by atoms with Gasteiger partial charge in [-0.1, -0.05) is 53.7 Å². The molecule has 1 saturated carbocycles. The number of halogens is 1. The third-order valence-electron chi connectivity index (χ3n) is 5.24. The van der Waals surface area contributed by atoms with Crippen LogP contribution >= 0.6 is 15.9 Å². The van der Waals surface area contributed by atoms with Crippen LogP contribution in [0.1, 0.15) is 56.4 Å². The zero-order valence-corrected chi connectivity index (χ0v) is 13.2. The van der Waals surface area contributed by atoms with Gasteiger partial charge in [-0.15, -0.1) is 0 Å². The van der Waals surface area contributed by atoms with Crippen LogP contribution in [0.5, 0.6) is 0 Å². The maximum absolute atomic E-state index is 3.64. The molecule has 1 aliphatic heterocycles. The number of hydrogen-bond acceptors (Lipinski definition) is 1. The highest BCUT2D eigenvalue weighted by molar-refractivity contribution is 9.10. The fraction of sp³-hybridized carbons (Fsp3) is 0.647. The molecule has 3 rings (SSSR count). The van der Waals surface area contributed by atoms with Crippen LogP contribution in [0.2, 0.25) is 0 Å². The molecule has 1 heterocycles. The van der Waals surface area contributed by atoms with Crippen molar-refractivity contribution in [2.75, 3.05) is 13.1 Å². The second-order valence-corrected chi connectivity index (χ2v) is 7.25. The molecule has 1 aromatic carbocycles. The lowest BCUT2D eigenvalue weighted by molar-refractivity contribution is 0.136. The second kappa shape index (κ2) is 5.97. The Morgan fingerprint density at radius 1 is 1.05 bits per heavy atom. The predicted octanol–water partition coefficient (Wildman–Crippen LogP) is 4.87. The highest BCUT2D eigenvalue weighted by Crippen LogP contribution is 2.50. The van der Waals surface area contributed by atoms with E-state index in [1.54, 1.807) is 0 Å². The molecule has 1 aromatic rings. The molecule has 0 bridgehead atoms. The summed E-state index contributed by atoms with van der Waals surface area (Å²) in [5.41, 5.74) is 2.10. The molecule has 2 heteroatoms. The Hall–Kier alpha value is -0.340. The first-order valence-corrected chi connectivity index (χ1v) is 8.56. The van der Waals surface area contributed by atoms with Crippen molar-refractivity contribution < 1.29 is 0 Å². The fourth-order valence-electron chi connectivity index (χ4n) is 4.20. The Labute approximate surface area is 125 Å². The molecule has 1 nitrogen and oxygen atoms in total. The van der Waals surface area contributed by atoms with Gasteiger partial charge in [0.05, 0.1) is 0 Å². The highest BCUT2D eigenvalue weighted by Gasteiger charge is 2.41. The van der Waals surface area contributed by atoms with Crippen LogP contribution in [0.4, 0.5) is 0 Å². The standard InChI is InChI=1S/C17H24BrN/c18-15-7-5-6-14(12-15)16-13-19-11-10-17(16)8-3-1-2-4-9-17/h5-7,12,16,19H,1-4,8-11,13H2. The molecule has 1 aliphatic carbocycles. The van der Waals surface area contributed by atoms with Crippen molar-refractivity contribution in [1.82, 2.24) is 5.32 Å². The first-order chi connectivity index (χ1) is 9.30. The van der Waals surface area contributed by atoms with E-state index in [0.717, 1.165) is 6.54 Å². The van der Waals surface area contributed by atoms with Crippen LogP contribution in [-0.2, 0) is 0 Å². The smallest absolute Gasteiger partial charge is 0.0178 e. The van der Waals surface area contributed by atoms with Crippen LogP contribution in [-0.4, -0.2) is 13.1 Å². The summed E-state index contributed by atoms with van der Waals surface area (Å²) in [6.07, 6.45) is 10.00. The summed E-state index contributed by atoms with van der Waals surface area (Å²) in [5.74, 6) is 0.705. The van der Waals surface area contributed by atoms with E-state index in [1.807, 2.05) is 0 Å². The average Bonchev–Trinajstić information content (AvgIpc) is 2.66. The maximum Gasteiger partial charge on any atom is 0.0178 e. The number of benzene rings is 1. The van der Waals surface area contributed by atoms with E-state index in [1.165, 1.54) is 61.5 Å². The van der Waals surface area contributed by atoms with Gasteiger partial charge in [0.1, 0.15) is 0 Å². The lowest BCUT2D eigenvalue weighted by Crippen LogP contribution is -2.43. The molecule has 0 aromatic heterocycles. The molecule has 2 fully saturated rings. The molecule has 1 spiro atoms. The molecular formula is C17H24BrN. The zero-order chi connectivity index (χ0) is 13.1. The van der Waals surface area contributed by atoms with Crippen molar-refractivity contribution in [3.63, 3.8) is 0 Å². The van der Waals surface area contributed by atoms with Gasteiger partial charge in [-0.3, -0.25) is 0 Å². The van der Waals surface area contributed by atoms with E-state index in [4.69, 9.17) is 0 Å². The molecule has 104 valence electrons. The molecule has 1 unspecified atom stereocenters. The largest absolute Gasteiger partial charge is 0.316 e. The van der Waals surface area contributed by atoms with Crippen LogP contribution in [0.25, 0.3) is 0 Å². The van der Waals surface area contributed by atoms with Crippen molar-refractivity contribution in [2.24, 2.45) is 5.41 Å². The summed E-state index contributed by atoms with van der Waals surface area (Å²) in [4.78, 5) is 0. The van der Waals surface area contributed by atoms with E-state index in [2.05, 4.69) is 45.5 Å². The SMILES string of the molecule is Brc1cccc(C2CNCCC23CCCCCC3)c1. The van der Waals surface area contributed by atoms with Crippen LogP contribution in [0.15, 0.2) is 28.7 Å². The molecule has 0 radical (unpaired) electrons. The van der Waals surface area contributed by atoms with E-state index in [0.29, 0.717) is 11.3 Å². The Bertz CT molecular complexity index is 421. The number of hydrogen-bond donors (Lipinski definition) is 1. The number of piperidine rings is 1. The predicted molar refractivity (Wildman–Crippen MR) is 84.5 cm³/mol. The fourth-order valence-corrected chi connectivity index (χ4v) is 4.62. The summed E-state index contributed by atoms with van der Waals surface area (Å²) in [6, 6.07) is 9.00. The minimum Gasteiger partial charge on any atom is -0.316 e. The van der Waals surface area contributed by atoms with Crippen molar-refractivity contribution in [3.05, 3.63) is 34.3 Å². The molecule has 1 atom stereocenters. The summed E-state index contributed by atoms with van der Waals surface area (Å²) in [6.45, 7) is 2.38. The summed E-state index contributed by atoms with van der Waals surface area (Å²) >= 11 is 3.64. The van der Waals surface area contributed by atoms with Gasteiger partial charge in [0.25, 0.3) is 0 Å². The van der Waals surface area contributed by atoms with Gasteiger partial charge in [-0.05, 0) is 48.9 Å². The first kappa shape index (κ1) is 13.6. The van der Waals surface area contributed by atoms with Gasteiger partial charge in [-0.25, -0.2) is 0 Å². The monoisotopic (exact) mass is 321 g/mol. The second-order valence-electron chi connectivity index (χ2n) is 6.34. The normalized spacial score (nSPS) is 27.1. The van der Waals surface area contributed by atoms with E-state index in [-0.39, 0.29) is 0 Å². The third-order valence-corrected chi connectivity index (χ3v) is 5.73. The molecule has 2 aliphatic rings. The molecule has 1 N–H and O–H groups in total. The van der Waals surface area contributed by atoms with Gasteiger partial charge in [0.15, 0.2) is 0 Å². The van der Waals surface area contributed by atoms with Crippen molar-refractivity contribution in [1.29, 1.82) is 0 Å². The van der Waals surface area contributed by atoms with Gasteiger partial charge >= 0.3 is 0 Å². The Kier molecular flexibility index (Phi) is 4.28.